The minimum Gasteiger partial charge on any atom is -0.369 e. The predicted molar refractivity (Wildman–Crippen MR) is 148 cm³/mol. The molecule has 0 bridgehead atoms. The highest BCUT2D eigenvalue weighted by atomic mass is 32.1. The fourth-order valence-electron chi connectivity index (χ4n) is 5.61. The first-order valence-corrected chi connectivity index (χ1v) is 13.9. The molecule has 0 spiro atoms. The van der Waals surface area contributed by atoms with Crippen molar-refractivity contribution in [1.82, 2.24) is 20.0 Å². The van der Waals surface area contributed by atoms with Gasteiger partial charge in [0, 0.05) is 49.2 Å². The molecular formula is C29H33N5OS. The molecule has 4 aromatic rings. The topological polar surface area (TPSA) is 55.5 Å². The highest BCUT2D eigenvalue weighted by Gasteiger charge is 2.30. The largest absolute Gasteiger partial charge is 0.369 e. The number of nitrogens with zero attached hydrogens (tertiary/aromatic N) is 4. The van der Waals surface area contributed by atoms with Gasteiger partial charge in [-0.1, -0.05) is 18.2 Å². The number of piperazine rings is 1. The normalized spacial score (nSPS) is 18.2. The molecular weight excluding hydrogens is 466 g/mol. The van der Waals surface area contributed by atoms with Crippen LogP contribution in [0.3, 0.4) is 0 Å². The van der Waals surface area contributed by atoms with Crippen LogP contribution in [-0.2, 0) is 11.2 Å². The summed E-state index contributed by atoms with van der Waals surface area (Å²) in [5, 5.41) is 13.1. The number of Topliss-reactive ketones (excluding diaryl/α,β-unsaturated/α-hetero) is 1. The summed E-state index contributed by atoms with van der Waals surface area (Å²) in [6, 6.07) is 17.0. The Balaban J connectivity index is 1.23. The molecule has 0 aliphatic carbocycles. The highest BCUT2D eigenvalue weighted by molar-refractivity contribution is 7.08. The number of carbonyl (C=O) groups excluding carboxylic acids is 1. The molecule has 1 unspecified atom stereocenters. The van der Waals surface area contributed by atoms with Crippen LogP contribution in [0.2, 0.25) is 0 Å². The van der Waals surface area contributed by atoms with Gasteiger partial charge in [0.25, 0.3) is 0 Å². The van der Waals surface area contributed by atoms with E-state index in [1.165, 1.54) is 18.5 Å². The van der Waals surface area contributed by atoms with Crippen LogP contribution in [0, 0.1) is 0 Å². The maximum absolute atomic E-state index is 13.6. The SMILES string of the molecule is CN1CCN(c2ccc(-c3n[nH]c4ccc(CC(=O)C(c5ccsc5)N5CCCC5)cc34)cc2)CC1. The maximum Gasteiger partial charge on any atom is 0.158 e. The van der Waals surface area contributed by atoms with Gasteiger partial charge in [0.05, 0.1) is 17.3 Å². The average Bonchev–Trinajstić information content (AvgIpc) is 3.68. The van der Waals surface area contributed by atoms with Crippen LogP contribution in [0.15, 0.2) is 59.3 Å². The summed E-state index contributed by atoms with van der Waals surface area (Å²) < 4.78 is 0. The molecule has 2 aromatic carbocycles. The summed E-state index contributed by atoms with van der Waals surface area (Å²) in [5.74, 6) is 0.274. The van der Waals surface area contributed by atoms with Gasteiger partial charge in [-0.2, -0.15) is 16.4 Å². The van der Waals surface area contributed by atoms with Crippen LogP contribution in [-0.4, -0.2) is 72.1 Å². The van der Waals surface area contributed by atoms with Gasteiger partial charge in [-0.15, -0.1) is 0 Å². The summed E-state index contributed by atoms with van der Waals surface area (Å²) in [6.45, 7) is 6.31. The van der Waals surface area contributed by atoms with Crippen molar-refractivity contribution >= 4 is 33.7 Å². The fourth-order valence-corrected chi connectivity index (χ4v) is 6.29. The number of rotatable bonds is 7. The third kappa shape index (κ3) is 4.71. The molecule has 2 aliphatic heterocycles. The second-order valence-electron chi connectivity index (χ2n) is 10.1. The number of aromatic amines is 1. The van der Waals surface area contributed by atoms with Crippen LogP contribution in [0.1, 0.15) is 30.0 Å². The molecule has 1 N–H and O–H groups in total. The van der Waals surface area contributed by atoms with Gasteiger partial charge in [-0.05, 0) is 85.2 Å². The Kier molecular flexibility index (Phi) is 6.61. The van der Waals surface area contributed by atoms with Crippen LogP contribution < -0.4 is 4.90 Å². The molecule has 2 saturated heterocycles. The van der Waals surface area contributed by atoms with Gasteiger partial charge in [0.2, 0.25) is 0 Å². The van der Waals surface area contributed by atoms with Crippen molar-refractivity contribution in [2.45, 2.75) is 25.3 Å². The minimum atomic E-state index is -0.139. The molecule has 36 heavy (non-hydrogen) atoms. The number of ketones is 1. The maximum atomic E-state index is 13.6. The van der Waals surface area contributed by atoms with Crippen molar-refractivity contribution < 1.29 is 4.79 Å². The molecule has 0 saturated carbocycles. The molecule has 0 amide bonds. The van der Waals surface area contributed by atoms with Crippen LogP contribution >= 0.6 is 11.3 Å². The number of carbonyl (C=O) groups is 1. The first kappa shape index (κ1) is 23.4. The van der Waals surface area contributed by atoms with Crippen molar-refractivity contribution in [2.24, 2.45) is 0 Å². The second kappa shape index (κ2) is 10.2. The number of H-pyrrole nitrogens is 1. The number of benzene rings is 2. The van der Waals surface area contributed by atoms with E-state index >= 15 is 0 Å². The third-order valence-corrected chi connectivity index (χ3v) is 8.39. The minimum absolute atomic E-state index is 0.139. The number of aromatic nitrogens is 2. The van der Waals surface area contributed by atoms with Crippen molar-refractivity contribution in [1.29, 1.82) is 0 Å². The van der Waals surface area contributed by atoms with Gasteiger partial charge in [0.15, 0.2) is 5.78 Å². The Bertz CT molecular complexity index is 1320. The van der Waals surface area contributed by atoms with Crippen LogP contribution in [0.4, 0.5) is 5.69 Å². The van der Waals surface area contributed by atoms with Gasteiger partial charge >= 0.3 is 0 Å². The fraction of sp³-hybridized carbons (Fsp3) is 0.379. The number of likely N-dealkylation sites (N-methyl/N-ethyl adjacent to an activating group) is 1. The quantitative estimate of drug-likeness (QED) is 0.388. The lowest BCUT2D eigenvalue weighted by Crippen LogP contribution is -2.44. The average molecular weight is 500 g/mol. The monoisotopic (exact) mass is 499 g/mol. The second-order valence-corrected chi connectivity index (χ2v) is 10.9. The smallest absolute Gasteiger partial charge is 0.158 e. The van der Waals surface area contributed by atoms with E-state index in [1.807, 2.05) is 0 Å². The Morgan fingerprint density at radius 2 is 1.78 bits per heavy atom. The number of anilines is 1. The van der Waals surface area contributed by atoms with Gasteiger partial charge in [-0.3, -0.25) is 14.8 Å². The Morgan fingerprint density at radius 1 is 1.00 bits per heavy atom. The van der Waals surface area contributed by atoms with E-state index in [4.69, 9.17) is 0 Å². The van der Waals surface area contributed by atoms with E-state index in [0.717, 1.165) is 72.6 Å². The number of fused-ring (bicyclic) bond motifs is 1. The van der Waals surface area contributed by atoms with Crippen LogP contribution in [0.5, 0.6) is 0 Å². The van der Waals surface area contributed by atoms with Crippen molar-refractivity contribution in [2.75, 3.05) is 51.2 Å². The number of hydrogen-bond acceptors (Lipinski definition) is 6. The Morgan fingerprint density at radius 3 is 2.50 bits per heavy atom. The molecule has 2 fully saturated rings. The molecule has 2 aromatic heterocycles. The molecule has 6 nitrogen and oxygen atoms in total. The van der Waals surface area contributed by atoms with Crippen molar-refractivity contribution in [3.63, 3.8) is 0 Å². The summed E-state index contributed by atoms with van der Waals surface area (Å²) in [4.78, 5) is 20.7. The lowest BCUT2D eigenvalue weighted by atomic mass is 9.97. The third-order valence-electron chi connectivity index (χ3n) is 7.68. The summed E-state index contributed by atoms with van der Waals surface area (Å²) >= 11 is 1.67. The number of thiophene rings is 1. The first-order chi connectivity index (χ1) is 17.7. The van der Waals surface area contributed by atoms with E-state index in [1.54, 1.807) is 11.3 Å². The standard InChI is InChI=1S/C29H33N5OS/c1-32-13-15-33(16-14-32)24-7-5-22(6-8-24)28-25-18-21(4-9-26(25)30-31-28)19-27(35)29(23-10-17-36-20-23)34-11-2-3-12-34/h4-10,17-18,20,29H,2-3,11-16,19H2,1H3,(H,30,31). The summed E-state index contributed by atoms with van der Waals surface area (Å²) in [5.41, 5.74) is 6.48. The zero-order valence-corrected chi connectivity index (χ0v) is 21.6. The molecule has 6 rings (SSSR count). The molecule has 2 aliphatic rings. The van der Waals surface area contributed by atoms with Gasteiger partial charge in [0.1, 0.15) is 0 Å². The van der Waals surface area contributed by atoms with E-state index in [2.05, 4.69) is 91.2 Å². The van der Waals surface area contributed by atoms with E-state index in [0.29, 0.717) is 6.42 Å². The molecule has 1 atom stereocenters. The first-order valence-electron chi connectivity index (χ1n) is 13.0. The zero-order chi connectivity index (χ0) is 24.5. The Hall–Kier alpha value is -3.00. The predicted octanol–water partition coefficient (Wildman–Crippen LogP) is 4.99. The number of hydrogen-bond donors (Lipinski definition) is 1. The molecule has 0 radical (unpaired) electrons. The van der Waals surface area contributed by atoms with Crippen LogP contribution in [0.25, 0.3) is 22.2 Å². The van der Waals surface area contributed by atoms with E-state index in [9.17, 15) is 4.79 Å². The van der Waals surface area contributed by atoms with E-state index in [-0.39, 0.29) is 11.8 Å². The molecule has 186 valence electrons. The highest BCUT2D eigenvalue weighted by Crippen LogP contribution is 2.31. The lowest BCUT2D eigenvalue weighted by molar-refractivity contribution is -0.123. The van der Waals surface area contributed by atoms with Gasteiger partial charge in [-0.25, -0.2) is 0 Å². The molecule has 7 heteroatoms. The number of likely N-dealkylation sites (tertiary alicyclic amines) is 1. The zero-order valence-electron chi connectivity index (χ0n) is 20.8. The Labute approximate surface area is 216 Å². The lowest BCUT2D eigenvalue weighted by Gasteiger charge is -2.34. The summed E-state index contributed by atoms with van der Waals surface area (Å²) in [7, 11) is 2.18. The van der Waals surface area contributed by atoms with Gasteiger partial charge < -0.3 is 9.80 Å². The number of nitrogens with one attached hydrogen (secondary N) is 1. The van der Waals surface area contributed by atoms with E-state index < -0.39 is 0 Å². The molecule has 4 heterocycles. The summed E-state index contributed by atoms with van der Waals surface area (Å²) in [6.07, 6.45) is 2.78. The van der Waals surface area contributed by atoms with Crippen molar-refractivity contribution in [3.8, 4) is 11.3 Å². The van der Waals surface area contributed by atoms with Crippen molar-refractivity contribution in [3.05, 3.63) is 70.4 Å².